The number of benzene rings is 2. The van der Waals surface area contributed by atoms with Gasteiger partial charge in [0.25, 0.3) is 0 Å². The first-order chi connectivity index (χ1) is 10.0. The molecule has 0 aliphatic rings. The van der Waals surface area contributed by atoms with Crippen molar-refractivity contribution in [1.29, 1.82) is 0 Å². The summed E-state index contributed by atoms with van der Waals surface area (Å²) in [6.07, 6.45) is 0. The summed E-state index contributed by atoms with van der Waals surface area (Å²) >= 11 is 0. The lowest BCUT2D eigenvalue weighted by atomic mass is 9.69. The Kier molecular flexibility index (Phi) is 3.89. The van der Waals surface area contributed by atoms with Crippen LogP contribution in [0.15, 0.2) is 72.8 Å². The first-order valence-corrected chi connectivity index (χ1v) is 6.28. The van der Waals surface area contributed by atoms with E-state index in [0.29, 0.717) is 11.1 Å². The third-order valence-corrected chi connectivity index (χ3v) is 3.45. The second-order valence-corrected chi connectivity index (χ2v) is 4.57. The van der Waals surface area contributed by atoms with Gasteiger partial charge in [-0.3, -0.25) is 4.79 Å². The predicted octanol–water partition coefficient (Wildman–Crippen LogP) is 2.70. The molecule has 0 atom stereocenters. The Morgan fingerprint density at radius 1 is 0.810 bits per heavy atom. The molecule has 106 valence electrons. The summed E-state index contributed by atoms with van der Waals surface area (Å²) in [7, 11) is 0. The summed E-state index contributed by atoms with van der Waals surface area (Å²) in [6.45, 7) is 3.52. The monoisotopic (exact) mass is 282 g/mol. The molecule has 0 unspecified atom stereocenters. The molecule has 2 aromatic rings. The number of hydrogen-bond acceptors (Lipinski definition) is 2. The van der Waals surface area contributed by atoms with E-state index in [2.05, 4.69) is 6.58 Å². The van der Waals surface area contributed by atoms with Crippen molar-refractivity contribution in [2.75, 3.05) is 0 Å². The van der Waals surface area contributed by atoms with Crippen molar-refractivity contribution in [3.8, 4) is 0 Å². The number of carboxylic acids is 2. The van der Waals surface area contributed by atoms with Gasteiger partial charge in [0.15, 0.2) is 0 Å². The lowest BCUT2D eigenvalue weighted by Crippen LogP contribution is -2.41. The largest absolute Gasteiger partial charge is 0.480 e. The average Bonchev–Trinajstić information content (AvgIpc) is 2.49. The van der Waals surface area contributed by atoms with Gasteiger partial charge in [0.05, 0.1) is 5.57 Å². The van der Waals surface area contributed by atoms with Crippen molar-refractivity contribution >= 4 is 11.9 Å². The summed E-state index contributed by atoms with van der Waals surface area (Å²) < 4.78 is 0. The molecule has 0 aliphatic carbocycles. The summed E-state index contributed by atoms with van der Waals surface area (Å²) in [5, 5.41) is 19.2. The van der Waals surface area contributed by atoms with E-state index in [1.807, 2.05) is 0 Å². The highest BCUT2D eigenvalue weighted by Crippen LogP contribution is 2.39. The van der Waals surface area contributed by atoms with Crippen LogP contribution in [0, 0.1) is 0 Å². The van der Waals surface area contributed by atoms with Crippen molar-refractivity contribution in [2.45, 2.75) is 5.41 Å². The SMILES string of the molecule is C=C(C(=O)O)C(C(=O)O)(c1ccccc1)c1ccccc1. The quantitative estimate of drug-likeness (QED) is 0.827. The third kappa shape index (κ3) is 2.31. The van der Waals surface area contributed by atoms with Gasteiger partial charge in [-0.15, -0.1) is 0 Å². The fourth-order valence-electron chi connectivity index (χ4n) is 2.43. The molecule has 0 aliphatic heterocycles. The van der Waals surface area contributed by atoms with Crippen LogP contribution in [-0.2, 0) is 15.0 Å². The summed E-state index contributed by atoms with van der Waals surface area (Å²) in [5.74, 6) is -2.61. The highest BCUT2D eigenvalue weighted by molar-refractivity contribution is 6.03. The van der Waals surface area contributed by atoms with E-state index in [4.69, 9.17) is 0 Å². The molecular weight excluding hydrogens is 268 g/mol. The van der Waals surface area contributed by atoms with Crippen LogP contribution in [0.5, 0.6) is 0 Å². The van der Waals surface area contributed by atoms with Gasteiger partial charge in [0.1, 0.15) is 5.41 Å². The predicted molar refractivity (Wildman–Crippen MR) is 78.1 cm³/mol. The van der Waals surface area contributed by atoms with E-state index in [1.165, 1.54) is 0 Å². The molecule has 0 amide bonds. The van der Waals surface area contributed by atoms with E-state index in [0.717, 1.165) is 0 Å². The molecule has 0 heterocycles. The van der Waals surface area contributed by atoms with Crippen LogP contribution in [0.1, 0.15) is 11.1 Å². The van der Waals surface area contributed by atoms with Crippen LogP contribution in [0.4, 0.5) is 0 Å². The number of aliphatic carboxylic acids is 2. The van der Waals surface area contributed by atoms with Gasteiger partial charge in [0, 0.05) is 0 Å². The lowest BCUT2D eigenvalue weighted by Gasteiger charge is -2.30. The van der Waals surface area contributed by atoms with E-state index in [1.54, 1.807) is 60.7 Å². The van der Waals surface area contributed by atoms with Crippen molar-refractivity contribution in [3.63, 3.8) is 0 Å². The molecule has 0 spiro atoms. The number of hydrogen-bond donors (Lipinski definition) is 2. The van der Waals surface area contributed by atoms with Crippen molar-refractivity contribution in [2.24, 2.45) is 0 Å². The fraction of sp³-hybridized carbons (Fsp3) is 0.0588. The molecule has 2 aromatic carbocycles. The van der Waals surface area contributed by atoms with Crippen LogP contribution in [-0.4, -0.2) is 22.2 Å². The van der Waals surface area contributed by atoms with Gasteiger partial charge in [-0.1, -0.05) is 67.2 Å². The Labute approximate surface area is 122 Å². The zero-order valence-corrected chi connectivity index (χ0v) is 11.2. The zero-order valence-electron chi connectivity index (χ0n) is 11.2. The lowest BCUT2D eigenvalue weighted by molar-refractivity contribution is -0.144. The first-order valence-electron chi connectivity index (χ1n) is 6.28. The Morgan fingerprint density at radius 2 is 1.19 bits per heavy atom. The van der Waals surface area contributed by atoms with E-state index in [-0.39, 0.29) is 0 Å². The molecule has 2 rings (SSSR count). The normalized spacial score (nSPS) is 10.9. The molecule has 0 fully saturated rings. The highest BCUT2D eigenvalue weighted by Gasteiger charge is 2.47. The maximum absolute atomic E-state index is 12.0. The maximum atomic E-state index is 12.0. The molecule has 2 N–H and O–H groups in total. The topological polar surface area (TPSA) is 74.6 Å². The second kappa shape index (κ2) is 5.63. The summed E-state index contributed by atoms with van der Waals surface area (Å²) in [6, 6.07) is 16.5. The molecular formula is C17H14O4. The van der Waals surface area contributed by atoms with E-state index in [9.17, 15) is 19.8 Å². The van der Waals surface area contributed by atoms with Gasteiger partial charge >= 0.3 is 11.9 Å². The van der Waals surface area contributed by atoms with Crippen LogP contribution in [0.3, 0.4) is 0 Å². The van der Waals surface area contributed by atoms with Gasteiger partial charge in [-0.05, 0) is 11.1 Å². The minimum absolute atomic E-state index is 0.358. The maximum Gasteiger partial charge on any atom is 0.332 e. The van der Waals surface area contributed by atoms with E-state index >= 15 is 0 Å². The molecule has 0 saturated heterocycles. The Hall–Kier alpha value is -2.88. The first kappa shape index (κ1) is 14.5. The molecule has 21 heavy (non-hydrogen) atoms. The Balaban J connectivity index is 2.83. The Bertz CT molecular complexity index is 635. The minimum Gasteiger partial charge on any atom is -0.480 e. The summed E-state index contributed by atoms with van der Waals surface area (Å²) in [4.78, 5) is 23.5. The zero-order chi connectivity index (χ0) is 15.5. The Morgan fingerprint density at radius 3 is 1.48 bits per heavy atom. The van der Waals surface area contributed by atoms with Crippen molar-refractivity contribution < 1.29 is 19.8 Å². The standard InChI is InChI=1S/C17H14O4/c1-12(15(18)19)17(16(20)21,13-8-4-2-5-9-13)14-10-6-3-7-11-14/h2-11H,1H2,(H,18,19)(H,20,21). The minimum atomic E-state index is -1.81. The van der Waals surface area contributed by atoms with Gasteiger partial charge in [0.2, 0.25) is 0 Å². The van der Waals surface area contributed by atoms with Gasteiger partial charge < -0.3 is 10.2 Å². The molecule has 4 nitrogen and oxygen atoms in total. The number of carbonyl (C=O) groups is 2. The van der Waals surface area contributed by atoms with Crippen LogP contribution < -0.4 is 0 Å². The third-order valence-electron chi connectivity index (χ3n) is 3.45. The molecule has 0 bridgehead atoms. The van der Waals surface area contributed by atoms with Crippen molar-refractivity contribution in [3.05, 3.63) is 83.9 Å². The second-order valence-electron chi connectivity index (χ2n) is 4.57. The molecule has 4 heteroatoms. The average molecular weight is 282 g/mol. The number of carboxylic acid groups (broad SMARTS) is 2. The number of rotatable bonds is 5. The molecule has 0 aromatic heterocycles. The van der Waals surface area contributed by atoms with Gasteiger partial charge in [-0.2, -0.15) is 0 Å². The smallest absolute Gasteiger partial charge is 0.332 e. The highest BCUT2D eigenvalue weighted by atomic mass is 16.4. The van der Waals surface area contributed by atoms with Crippen LogP contribution in [0.25, 0.3) is 0 Å². The molecule has 0 radical (unpaired) electrons. The summed E-state index contributed by atoms with van der Waals surface area (Å²) in [5.41, 5.74) is -1.49. The van der Waals surface area contributed by atoms with Crippen LogP contribution >= 0.6 is 0 Å². The van der Waals surface area contributed by atoms with Crippen LogP contribution in [0.2, 0.25) is 0 Å². The molecule has 0 saturated carbocycles. The van der Waals surface area contributed by atoms with Gasteiger partial charge in [-0.25, -0.2) is 4.79 Å². The fourth-order valence-corrected chi connectivity index (χ4v) is 2.43. The van der Waals surface area contributed by atoms with Crippen molar-refractivity contribution in [1.82, 2.24) is 0 Å². The van der Waals surface area contributed by atoms with E-state index < -0.39 is 22.9 Å².